The number of methoxy groups -OCH3 is 1. The molecule has 33 heavy (non-hydrogen) atoms. The molecule has 0 fully saturated rings. The Labute approximate surface area is 201 Å². The largest absolute Gasteiger partial charge is 0.493 e. The van der Waals surface area contributed by atoms with Gasteiger partial charge in [-0.3, -0.25) is 4.79 Å². The Kier molecular flexibility index (Phi) is 6.80. The number of primary amides is 1. The first-order valence-corrected chi connectivity index (χ1v) is 11.7. The summed E-state index contributed by atoms with van der Waals surface area (Å²) in [6.45, 7) is 4.21. The van der Waals surface area contributed by atoms with Crippen molar-refractivity contribution in [2.45, 2.75) is 30.8 Å². The van der Waals surface area contributed by atoms with Gasteiger partial charge in [-0.25, -0.2) is 4.68 Å². The molecule has 0 spiro atoms. The van der Waals surface area contributed by atoms with Gasteiger partial charge in [0.15, 0.2) is 11.5 Å². The van der Waals surface area contributed by atoms with Gasteiger partial charge < -0.3 is 20.5 Å². The second-order valence-corrected chi connectivity index (χ2v) is 8.67. The molecule has 4 rings (SSSR count). The van der Waals surface area contributed by atoms with Crippen LogP contribution in [0, 0.1) is 0 Å². The zero-order valence-corrected chi connectivity index (χ0v) is 20.0. The normalized spacial score (nSPS) is 15.1. The number of nitrogens with two attached hydrogens (primary N) is 1. The van der Waals surface area contributed by atoms with Gasteiger partial charge in [0.1, 0.15) is 6.04 Å². The lowest BCUT2D eigenvalue weighted by molar-refractivity contribution is -0.115. The molecule has 3 aromatic rings. The van der Waals surface area contributed by atoms with E-state index >= 15 is 0 Å². The zero-order chi connectivity index (χ0) is 23.5. The number of carbonyl (C=O) groups excluding carboxylic acids is 1. The number of amides is 1. The number of fused-ring (bicyclic) bond motifs is 1. The van der Waals surface area contributed by atoms with Gasteiger partial charge in [0, 0.05) is 16.5 Å². The van der Waals surface area contributed by atoms with Crippen LogP contribution in [-0.4, -0.2) is 34.4 Å². The molecule has 1 aliphatic heterocycles. The molecular weight excluding hydrogens is 462 g/mol. The minimum Gasteiger partial charge on any atom is -0.493 e. The Balaban J connectivity index is 1.72. The number of benzene rings is 2. The van der Waals surface area contributed by atoms with Crippen LogP contribution >= 0.6 is 23.4 Å². The van der Waals surface area contributed by atoms with Crippen LogP contribution in [0.5, 0.6) is 11.5 Å². The van der Waals surface area contributed by atoms with E-state index in [1.165, 1.54) is 11.8 Å². The summed E-state index contributed by atoms with van der Waals surface area (Å²) in [6.07, 6.45) is 0. The molecule has 1 unspecified atom stereocenters. The van der Waals surface area contributed by atoms with Crippen molar-refractivity contribution < 1.29 is 14.3 Å². The lowest BCUT2D eigenvalue weighted by Gasteiger charge is -2.28. The first-order chi connectivity index (χ1) is 15.9. The number of ether oxygens (including phenoxy) is 2. The number of nitrogens with zero attached hydrogens (tertiary/aromatic N) is 3. The van der Waals surface area contributed by atoms with Gasteiger partial charge in [-0.15, -0.1) is 5.10 Å². The first-order valence-electron chi connectivity index (χ1n) is 10.3. The molecule has 0 bridgehead atoms. The molecule has 10 heteroatoms. The molecule has 1 aliphatic rings. The van der Waals surface area contributed by atoms with E-state index in [2.05, 4.69) is 15.4 Å². The third kappa shape index (κ3) is 4.65. The quantitative estimate of drug-likeness (QED) is 0.455. The van der Waals surface area contributed by atoms with E-state index in [-0.39, 0.29) is 0 Å². The van der Waals surface area contributed by atoms with E-state index in [9.17, 15) is 4.79 Å². The second kappa shape index (κ2) is 9.76. The van der Waals surface area contributed by atoms with Crippen LogP contribution in [0.2, 0.25) is 5.02 Å². The number of halogens is 1. The minimum atomic E-state index is -0.564. The monoisotopic (exact) mass is 485 g/mol. The third-order valence-corrected chi connectivity index (χ3v) is 6.47. The van der Waals surface area contributed by atoms with E-state index in [0.717, 1.165) is 11.1 Å². The van der Waals surface area contributed by atoms with Gasteiger partial charge in [0.25, 0.3) is 0 Å². The number of nitrogens with one attached hydrogen (secondary N) is 1. The summed E-state index contributed by atoms with van der Waals surface area (Å²) >= 11 is 7.74. The summed E-state index contributed by atoms with van der Waals surface area (Å²) in [5.41, 5.74) is 8.57. The highest BCUT2D eigenvalue weighted by molar-refractivity contribution is 7.98. The average Bonchev–Trinajstić information content (AvgIpc) is 3.20. The molecule has 1 atom stereocenters. The SMILES string of the molecule is CCOc1ccc(C2C(C(N)=O)=C(C)Nc3nc(SCc4ccccc4Cl)nn32)cc1OC. The van der Waals surface area contributed by atoms with Gasteiger partial charge in [-0.05, 0) is 43.2 Å². The fraction of sp³-hybridized carbons (Fsp3) is 0.261. The van der Waals surface area contributed by atoms with Crippen molar-refractivity contribution in [2.24, 2.45) is 5.73 Å². The second-order valence-electron chi connectivity index (χ2n) is 7.32. The van der Waals surface area contributed by atoms with Crippen LogP contribution < -0.4 is 20.5 Å². The van der Waals surface area contributed by atoms with Gasteiger partial charge >= 0.3 is 0 Å². The molecule has 8 nitrogen and oxygen atoms in total. The summed E-state index contributed by atoms with van der Waals surface area (Å²) in [5, 5.41) is 9.09. The number of hydrogen-bond acceptors (Lipinski definition) is 7. The summed E-state index contributed by atoms with van der Waals surface area (Å²) in [5.74, 6) is 1.78. The molecular formula is C23H24ClN5O3S. The molecule has 0 radical (unpaired) electrons. The van der Waals surface area contributed by atoms with Crippen LogP contribution in [0.3, 0.4) is 0 Å². The van der Waals surface area contributed by atoms with Gasteiger partial charge in [-0.2, -0.15) is 4.98 Å². The fourth-order valence-corrected chi connectivity index (χ4v) is 4.82. The number of anilines is 1. The summed E-state index contributed by atoms with van der Waals surface area (Å²) < 4.78 is 12.8. The van der Waals surface area contributed by atoms with Crippen molar-refractivity contribution in [3.05, 3.63) is 69.9 Å². The Morgan fingerprint density at radius 3 is 2.76 bits per heavy atom. The number of carbonyl (C=O) groups is 1. The molecule has 0 saturated heterocycles. The predicted octanol–water partition coefficient (Wildman–Crippen LogP) is 4.41. The van der Waals surface area contributed by atoms with Gasteiger partial charge in [0.05, 0.1) is 19.3 Å². The molecule has 1 amide bonds. The van der Waals surface area contributed by atoms with Crippen LogP contribution in [0.1, 0.15) is 31.0 Å². The van der Waals surface area contributed by atoms with Crippen molar-refractivity contribution in [3.8, 4) is 11.5 Å². The molecule has 0 aliphatic carbocycles. The van der Waals surface area contributed by atoms with Gasteiger partial charge in [0.2, 0.25) is 17.0 Å². The first kappa shape index (κ1) is 23.0. The average molecular weight is 486 g/mol. The maximum Gasteiger partial charge on any atom is 0.248 e. The molecule has 2 heterocycles. The highest BCUT2D eigenvalue weighted by Gasteiger charge is 2.34. The van der Waals surface area contributed by atoms with Crippen LogP contribution in [0.15, 0.2) is 58.9 Å². The third-order valence-electron chi connectivity index (χ3n) is 5.22. The minimum absolute atomic E-state index is 0.404. The molecule has 172 valence electrons. The van der Waals surface area contributed by atoms with E-state index in [1.54, 1.807) is 18.7 Å². The smallest absolute Gasteiger partial charge is 0.248 e. The number of aromatic nitrogens is 3. The topological polar surface area (TPSA) is 104 Å². The van der Waals surface area contributed by atoms with E-state index in [0.29, 0.717) is 51.3 Å². The van der Waals surface area contributed by atoms with E-state index in [4.69, 9.17) is 26.8 Å². The molecule has 0 saturated carbocycles. The number of thioether (sulfide) groups is 1. The van der Waals surface area contributed by atoms with Crippen LogP contribution in [0.4, 0.5) is 5.95 Å². The lowest BCUT2D eigenvalue weighted by Crippen LogP contribution is -2.31. The van der Waals surface area contributed by atoms with Crippen LogP contribution in [0.25, 0.3) is 0 Å². The summed E-state index contributed by atoms with van der Waals surface area (Å²) in [4.78, 5) is 17.0. The standard InChI is InChI=1S/C23H24ClN5O3S/c1-4-32-17-10-9-14(11-18(17)31-3)20-19(21(25)30)13(2)26-22-27-23(28-29(20)22)33-12-15-7-5-6-8-16(15)24/h5-11,20H,4,12H2,1-3H3,(H2,25,30)(H,26,27,28). The highest BCUT2D eigenvalue weighted by Crippen LogP contribution is 2.39. The Morgan fingerprint density at radius 2 is 2.06 bits per heavy atom. The summed E-state index contributed by atoms with van der Waals surface area (Å²) in [6, 6.07) is 12.6. The number of allylic oxidation sites excluding steroid dienone is 1. The Morgan fingerprint density at radius 1 is 1.27 bits per heavy atom. The fourth-order valence-electron chi connectivity index (χ4n) is 3.71. The van der Waals surface area contributed by atoms with E-state index < -0.39 is 11.9 Å². The maximum absolute atomic E-state index is 12.4. The predicted molar refractivity (Wildman–Crippen MR) is 129 cm³/mol. The highest BCUT2D eigenvalue weighted by atomic mass is 35.5. The van der Waals surface area contributed by atoms with Crippen LogP contribution in [-0.2, 0) is 10.5 Å². The van der Waals surface area contributed by atoms with Crippen molar-refractivity contribution in [3.63, 3.8) is 0 Å². The Hall–Kier alpha value is -3.17. The zero-order valence-electron chi connectivity index (χ0n) is 18.5. The molecule has 1 aromatic heterocycles. The van der Waals surface area contributed by atoms with Crippen molar-refractivity contribution in [2.75, 3.05) is 19.0 Å². The summed E-state index contributed by atoms with van der Waals surface area (Å²) in [7, 11) is 1.57. The van der Waals surface area contributed by atoms with Crippen molar-refractivity contribution in [1.82, 2.24) is 14.8 Å². The number of hydrogen-bond donors (Lipinski definition) is 2. The maximum atomic E-state index is 12.4. The van der Waals surface area contributed by atoms with Crippen molar-refractivity contribution in [1.29, 1.82) is 0 Å². The molecule has 2 aromatic carbocycles. The van der Waals surface area contributed by atoms with Crippen molar-refractivity contribution >= 4 is 35.2 Å². The Bertz CT molecular complexity index is 1230. The lowest BCUT2D eigenvalue weighted by atomic mass is 9.95. The van der Waals surface area contributed by atoms with E-state index in [1.807, 2.05) is 49.4 Å². The van der Waals surface area contributed by atoms with Gasteiger partial charge in [-0.1, -0.05) is 47.6 Å². The number of rotatable bonds is 8. The molecule has 3 N–H and O–H groups in total.